The summed E-state index contributed by atoms with van der Waals surface area (Å²) < 4.78 is 16.0. The van der Waals surface area contributed by atoms with E-state index in [0.717, 1.165) is 18.5 Å². The summed E-state index contributed by atoms with van der Waals surface area (Å²) in [5.74, 6) is 1.88. The van der Waals surface area contributed by atoms with Crippen molar-refractivity contribution < 1.29 is 19.3 Å². The Morgan fingerprint density at radius 3 is 2.00 bits per heavy atom. The molecule has 0 aliphatic carbocycles. The lowest BCUT2D eigenvalue weighted by Gasteiger charge is -2.19. The van der Waals surface area contributed by atoms with Gasteiger partial charge in [-0.25, -0.2) is 0 Å². The van der Waals surface area contributed by atoms with Crippen molar-refractivity contribution in [1.82, 2.24) is 5.32 Å². The van der Waals surface area contributed by atoms with Crippen LogP contribution < -0.4 is 19.5 Å². The fourth-order valence-electron chi connectivity index (χ4n) is 1.98. The molecule has 5 heteroatoms. The van der Waals surface area contributed by atoms with E-state index in [2.05, 4.69) is 12.2 Å². The third kappa shape index (κ3) is 4.28. The Hall–Kier alpha value is -1.46. The molecule has 1 aromatic carbocycles. The molecule has 0 bridgehead atoms. The van der Waals surface area contributed by atoms with Crippen molar-refractivity contribution in [3.05, 3.63) is 17.7 Å². The van der Waals surface area contributed by atoms with Gasteiger partial charge in [0.15, 0.2) is 11.5 Å². The first-order valence-electron chi connectivity index (χ1n) is 6.74. The molecule has 0 aliphatic rings. The fourth-order valence-corrected chi connectivity index (χ4v) is 1.98. The molecule has 0 aromatic heterocycles. The molecule has 0 saturated carbocycles. The van der Waals surface area contributed by atoms with Crippen LogP contribution in [-0.2, 0) is 0 Å². The van der Waals surface area contributed by atoms with Crippen molar-refractivity contribution in [3.8, 4) is 17.2 Å². The zero-order chi connectivity index (χ0) is 15.1. The van der Waals surface area contributed by atoms with Gasteiger partial charge in [-0.1, -0.05) is 0 Å². The Balaban J connectivity index is 2.89. The van der Waals surface area contributed by atoms with E-state index in [0.29, 0.717) is 17.2 Å². The third-order valence-corrected chi connectivity index (χ3v) is 3.20. The van der Waals surface area contributed by atoms with E-state index in [9.17, 15) is 5.11 Å². The first kappa shape index (κ1) is 16.6. The zero-order valence-electron chi connectivity index (χ0n) is 12.9. The van der Waals surface area contributed by atoms with E-state index >= 15 is 0 Å². The molecule has 0 heterocycles. The average molecular weight is 283 g/mol. The van der Waals surface area contributed by atoms with E-state index in [1.165, 1.54) is 0 Å². The second kappa shape index (κ2) is 7.97. The lowest BCUT2D eigenvalue weighted by molar-refractivity contribution is 0.182. The Morgan fingerprint density at radius 1 is 1.05 bits per heavy atom. The number of ether oxygens (including phenoxy) is 3. The number of hydrogen-bond donors (Lipinski definition) is 2. The van der Waals surface area contributed by atoms with Crippen molar-refractivity contribution in [2.45, 2.75) is 32.4 Å². The highest BCUT2D eigenvalue weighted by Gasteiger charge is 2.16. The molecule has 0 fully saturated rings. The monoisotopic (exact) mass is 283 g/mol. The number of nitrogens with one attached hydrogen (secondary N) is 1. The van der Waals surface area contributed by atoms with Gasteiger partial charge in [0.05, 0.1) is 27.4 Å². The maximum atomic E-state index is 9.27. The average Bonchev–Trinajstić information content (AvgIpc) is 2.44. The molecule has 114 valence electrons. The van der Waals surface area contributed by atoms with Crippen molar-refractivity contribution in [2.24, 2.45) is 0 Å². The summed E-state index contributed by atoms with van der Waals surface area (Å²) in [4.78, 5) is 0. The standard InChI is InChI=1S/C15H25NO4/c1-10(17)6-7-16-11(2)12-8-13(18-3)15(20-5)14(9-12)19-4/h8-11,16-17H,6-7H2,1-5H3. The van der Waals surface area contributed by atoms with Gasteiger partial charge in [-0.3, -0.25) is 0 Å². The van der Waals surface area contributed by atoms with Crippen LogP contribution in [-0.4, -0.2) is 39.1 Å². The fraction of sp³-hybridized carbons (Fsp3) is 0.600. The number of benzene rings is 1. The second-order valence-electron chi connectivity index (χ2n) is 4.77. The van der Waals surface area contributed by atoms with Crippen LogP contribution in [0.2, 0.25) is 0 Å². The minimum atomic E-state index is -0.297. The van der Waals surface area contributed by atoms with Crippen LogP contribution in [0.3, 0.4) is 0 Å². The summed E-state index contributed by atoms with van der Waals surface area (Å²) in [6, 6.07) is 3.99. The van der Waals surface area contributed by atoms with Crippen LogP contribution in [0.25, 0.3) is 0 Å². The van der Waals surface area contributed by atoms with Crippen molar-refractivity contribution in [2.75, 3.05) is 27.9 Å². The Labute approximate surface area is 120 Å². The van der Waals surface area contributed by atoms with E-state index in [1.54, 1.807) is 28.3 Å². The maximum Gasteiger partial charge on any atom is 0.203 e. The van der Waals surface area contributed by atoms with E-state index in [1.807, 2.05) is 12.1 Å². The molecule has 2 unspecified atom stereocenters. The highest BCUT2D eigenvalue weighted by molar-refractivity contribution is 5.54. The van der Waals surface area contributed by atoms with E-state index in [4.69, 9.17) is 14.2 Å². The summed E-state index contributed by atoms with van der Waals surface area (Å²) in [7, 11) is 4.80. The lowest BCUT2D eigenvalue weighted by Crippen LogP contribution is -2.22. The van der Waals surface area contributed by atoms with Crippen LogP contribution in [0.4, 0.5) is 0 Å². The van der Waals surface area contributed by atoms with Crippen LogP contribution in [0.1, 0.15) is 31.9 Å². The van der Waals surface area contributed by atoms with E-state index < -0.39 is 0 Å². The van der Waals surface area contributed by atoms with Crippen LogP contribution in [0.5, 0.6) is 17.2 Å². The molecule has 0 aliphatic heterocycles. The van der Waals surface area contributed by atoms with E-state index in [-0.39, 0.29) is 12.1 Å². The molecule has 2 N–H and O–H groups in total. The number of methoxy groups -OCH3 is 3. The molecule has 20 heavy (non-hydrogen) atoms. The summed E-state index contributed by atoms with van der Waals surface area (Å²) in [5, 5.41) is 12.6. The summed E-state index contributed by atoms with van der Waals surface area (Å²) >= 11 is 0. The predicted molar refractivity (Wildman–Crippen MR) is 78.8 cm³/mol. The molecule has 0 radical (unpaired) electrons. The highest BCUT2D eigenvalue weighted by atomic mass is 16.5. The molecular weight excluding hydrogens is 258 g/mol. The SMILES string of the molecule is COc1cc(C(C)NCCC(C)O)cc(OC)c1OC. The molecule has 1 aromatic rings. The van der Waals surface area contributed by atoms with Gasteiger partial charge in [0.25, 0.3) is 0 Å². The minimum absolute atomic E-state index is 0.127. The molecule has 5 nitrogen and oxygen atoms in total. The smallest absolute Gasteiger partial charge is 0.203 e. The summed E-state index contributed by atoms with van der Waals surface area (Å²) in [6.07, 6.45) is 0.420. The molecule has 2 atom stereocenters. The minimum Gasteiger partial charge on any atom is -0.493 e. The van der Waals surface area contributed by atoms with Crippen molar-refractivity contribution in [3.63, 3.8) is 0 Å². The van der Waals surface area contributed by atoms with Crippen LogP contribution in [0, 0.1) is 0 Å². The molecule has 0 amide bonds. The van der Waals surface area contributed by atoms with Crippen molar-refractivity contribution in [1.29, 1.82) is 0 Å². The van der Waals surface area contributed by atoms with Crippen molar-refractivity contribution >= 4 is 0 Å². The Morgan fingerprint density at radius 2 is 1.60 bits per heavy atom. The first-order valence-corrected chi connectivity index (χ1v) is 6.74. The number of hydrogen-bond acceptors (Lipinski definition) is 5. The van der Waals surface area contributed by atoms with Gasteiger partial charge in [0, 0.05) is 6.04 Å². The van der Waals surface area contributed by atoms with Gasteiger partial charge in [0.2, 0.25) is 5.75 Å². The van der Waals surface area contributed by atoms with Crippen LogP contribution in [0.15, 0.2) is 12.1 Å². The quantitative estimate of drug-likeness (QED) is 0.765. The maximum absolute atomic E-state index is 9.27. The molecule has 0 saturated heterocycles. The number of rotatable bonds is 8. The first-order chi connectivity index (χ1) is 9.53. The predicted octanol–water partition coefficient (Wildman–Crippen LogP) is 2.13. The van der Waals surface area contributed by atoms with Crippen LogP contribution >= 0.6 is 0 Å². The topological polar surface area (TPSA) is 60.0 Å². The molecule has 1 rings (SSSR count). The van der Waals surface area contributed by atoms with Gasteiger partial charge >= 0.3 is 0 Å². The van der Waals surface area contributed by atoms with Gasteiger partial charge in [-0.2, -0.15) is 0 Å². The second-order valence-corrected chi connectivity index (χ2v) is 4.77. The van der Waals surface area contributed by atoms with Gasteiger partial charge < -0.3 is 24.6 Å². The van der Waals surface area contributed by atoms with Gasteiger partial charge in [-0.05, 0) is 44.5 Å². The molecular formula is C15H25NO4. The summed E-state index contributed by atoms with van der Waals surface area (Å²) in [6.45, 7) is 4.59. The largest absolute Gasteiger partial charge is 0.493 e. The number of aliphatic hydroxyl groups excluding tert-OH is 1. The van der Waals surface area contributed by atoms with Gasteiger partial charge in [-0.15, -0.1) is 0 Å². The Kier molecular flexibility index (Phi) is 6.61. The Bertz CT molecular complexity index is 395. The molecule has 0 spiro atoms. The highest BCUT2D eigenvalue weighted by Crippen LogP contribution is 2.39. The normalized spacial score (nSPS) is 13.7. The van der Waals surface area contributed by atoms with Gasteiger partial charge in [0.1, 0.15) is 0 Å². The third-order valence-electron chi connectivity index (χ3n) is 3.20. The summed E-state index contributed by atoms with van der Waals surface area (Å²) in [5.41, 5.74) is 1.05. The zero-order valence-corrected chi connectivity index (χ0v) is 12.9. The number of aliphatic hydroxyl groups is 1. The lowest BCUT2D eigenvalue weighted by atomic mass is 10.1.